The molecule has 1 saturated carbocycles. The SMILES string of the molecule is Cc1ccc(S(=O)(=O)OC2CCC(C(=O)O)CC2)cc1. The summed E-state index contributed by atoms with van der Waals surface area (Å²) < 4.78 is 29.4. The second-order valence-electron chi connectivity index (χ2n) is 5.18. The molecule has 0 amide bonds. The van der Waals surface area contributed by atoms with E-state index < -0.39 is 22.2 Å². The van der Waals surface area contributed by atoms with E-state index >= 15 is 0 Å². The van der Waals surface area contributed by atoms with Crippen LogP contribution in [0.1, 0.15) is 31.2 Å². The first-order chi connectivity index (χ1) is 9.38. The number of benzene rings is 1. The fourth-order valence-corrected chi connectivity index (χ4v) is 3.48. The van der Waals surface area contributed by atoms with Crippen LogP contribution in [0.2, 0.25) is 0 Å². The first kappa shape index (κ1) is 15.0. The average Bonchev–Trinajstić information content (AvgIpc) is 2.39. The van der Waals surface area contributed by atoms with Gasteiger partial charge >= 0.3 is 5.97 Å². The molecule has 1 aromatic rings. The van der Waals surface area contributed by atoms with E-state index in [9.17, 15) is 13.2 Å². The maximum Gasteiger partial charge on any atom is 0.306 e. The Hall–Kier alpha value is -1.40. The molecule has 5 nitrogen and oxygen atoms in total. The quantitative estimate of drug-likeness (QED) is 0.863. The largest absolute Gasteiger partial charge is 0.481 e. The number of carbonyl (C=O) groups is 1. The molecule has 6 heteroatoms. The summed E-state index contributed by atoms with van der Waals surface area (Å²) in [6.45, 7) is 1.88. The van der Waals surface area contributed by atoms with E-state index in [2.05, 4.69) is 0 Å². The van der Waals surface area contributed by atoms with Crippen LogP contribution in [-0.4, -0.2) is 25.6 Å². The zero-order valence-electron chi connectivity index (χ0n) is 11.3. The highest BCUT2D eigenvalue weighted by atomic mass is 32.2. The minimum atomic E-state index is -3.76. The van der Waals surface area contributed by atoms with Gasteiger partial charge in [-0.3, -0.25) is 8.98 Å². The number of carboxylic acid groups (broad SMARTS) is 1. The minimum absolute atomic E-state index is 0.142. The van der Waals surface area contributed by atoms with Gasteiger partial charge in [0.05, 0.1) is 16.9 Å². The Morgan fingerprint density at radius 2 is 1.70 bits per heavy atom. The van der Waals surface area contributed by atoms with Crippen molar-refractivity contribution >= 4 is 16.1 Å². The summed E-state index contributed by atoms with van der Waals surface area (Å²) in [5.74, 6) is -1.19. The number of hydrogen-bond donors (Lipinski definition) is 1. The van der Waals surface area contributed by atoms with Gasteiger partial charge in [-0.2, -0.15) is 8.42 Å². The third-order valence-corrected chi connectivity index (χ3v) is 4.97. The van der Waals surface area contributed by atoms with E-state index in [0.29, 0.717) is 25.7 Å². The van der Waals surface area contributed by atoms with Crippen LogP contribution < -0.4 is 0 Å². The van der Waals surface area contributed by atoms with Crippen molar-refractivity contribution in [1.82, 2.24) is 0 Å². The molecule has 0 spiro atoms. The number of hydrogen-bond acceptors (Lipinski definition) is 4. The van der Waals surface area contributed by atoms with Gasteiger partial charge in [-0.15, -0.1) is 0 Å². The third-order valence-electron chi connectivity index (χ3n) is 3.60. The first-order valence-corrected chi connectivity index (χ1v) is 8.02. The Balaban J connectivity index is 2.00. The van der Waals surface area contributed by atoms with Crippen molar-refractivity contribution in [3.63, 3.8) is 0 Å². The normalized spacial score (nSPS) is 23.4. The lowest BCUT2D eigenvalue weighted by molar-refractivity contribution is -0.143. The number of aliphatic carboxylic acids is 1. The van der Waals surface area contributed by atoms with Crippen molar-refractivity contribution in [2.45, 2.75) is 43.6 Å². The highest BCUT2D eigenvalue weighted by Crippen LogP contribution is 2.28. The van der Waals surface area contributed by atoms with Crippen molar-refractivity contribution in [2.75, 3.05) is 0 Å². The van der Waals surface area contributed by atoms with Gasteiger partial charge in [0, 0.05) is 0 Å². The van der Waals surface area contributed by atoms with Crippen molar-refractivity contribution in [2.24, 2.45) is 5.92 Å². The molecular weight excluding hydrogens is 280 g/mol. The van der Waals surface area contributed by atoms with E-state index in [-0.39, 0.29) is 10.8 Å². The standard InChI is InChI=1S/C14H18O5S/c1-10-2-8-13(9-3-10)20(17,18)19-12-6-4-11(5-7-12)14(15)16/h2-3,8-9,11-12H,4-7H2,1H3,(H,15,16). The van der Waals surface area contributed by atoms with Gasteiger partial charge in [0.25, 0.3) is 10.1 Å². The molecule has 0 unspecified atom stereocenters. The molecule has 0 heterocycles. The fourth-order valence-electron chi connectivity index (χ4n) is 2.35. The molecule has 1 aliphatic carbocycles. The first-order valence-electron chi connectivity index (χ1n) is 6.61. The summed E-state index contributed by atoms with van der Waals surface area (Å²) in [7, 11) is -3.76. The summed E-state index contributed by atoms with van der Waals surface area (Å²) >= 11 is 0. The third kappa shape index (κ3) is 3.58. The van der Waals surface area contributed by atoms with Gasteiger partial charge in [-0.05, 0) is 44.7 Å². The van der Waals surface area contributed by atoms with Crippen molar-refractivity contribution < 1.29 is 22.5 Å². The zero-order valence-corrected chi connectivity index (χ0v) is 12.1. The van der Waals surface area contributed by atoms with Crippen LogP contribution in [0.4, 0.5) is 0 Å². The molecule has 0 radical (unpaired) electrons. The summed E-state index contributed by atoms with van der Waals surface area (Å²) in [6.07, 6.45) is 1.42. The Bertz CT molecular complexity index is 568. The van der Waals surface area contributed by atoms with Crippen molar-refractivity contribution in [3.05, 3.63) is 29.8 Å². The topological polar surface area (TPSA) is 80.7 Å². The lowest BCUT2D eigenvalue weighted by atomic mass is 9.88. The lowest BCUT2D eigenvalue weighted by Gasteiger charge is -2.25. The Labute approximate surface area is 118 Å². The Kier molecular flexibility index (Phi) is 4.45. The predicted molar refractivity (Wildman–Crippen MR) is 72.8 cm³/mol. The van der Waals surface area contributed by atoms with Crippen LogP contribution in [-0.2, 0) is 19.1 Å². The van der Waals surface area contributed by atoms with E-state index in [1.165, 1.54) is 12.1 Å². The van der Waals surface area contributed by atoms with E-state index in [4.69, 9.17) is 9.29 Å². The molecule has 1 aliphatic rings. The molecule has 110 valence electrons. The molecule has 20 heavy (non-hydrogen) atoms. The van der Waals surface area contributed by atoms with Gasteiger partial charge in [-0.1, -0.05) is 17.7 Å². The highest BCUT2D eigenvalue weighted by Gasteiger charge is 2.29. The zero-order chi connectivity index (χ0) is 14.8. The van der Waals surface area contributed by atoms with Gasteiger partial charge in [0.2, 0.25) is 0 Å². The van der Waals surface area contributed by atoms with E-state index in [1.54, 1.807) is 12.1 Å². The van der Waals surface area contributed by atoms with Gasteiger partial charge in [0.1, 0.15) is 0 Å². The highest BCUT2D eigenvalue weighted by molar-refractivity contribution is 7.86. The van der Waals surface area contributed by atoms with Gasteiger partial charge < -0.3 is 5.11 Å². The van der Waals surface area contributed by atoms with E-state index in [0.717, 1.165) is 5.56 Å². The smallest absolute Gasteiger partial charge is 0.306 e. The molecule has 0 aromatic heterocycles. The summed E-state index contributed by atoms with van der Waals surface area (Å²) in [6, 6.07) is 6.48. The minimum Gasteiger partial charge on any atom is -0.481 e. The maximum atomic E-state index is 12.1. The second-order valence-corrected chi connectivity index (χ2v) is 6.75. The maximum absolute atomic E-state index is 12.1. The molecule has 1 aromatic carbocycles. The van der Waals surface area contributed by atoms with Crippen LogP contribution >= 0.6 is 0 Å². The average molecular weight is 298 g/mol. The number of rotatable bonds is 4. The monoisotopic (exact) mass is 298 g/mol. The summed E-state index contributed by atoms with van der Waals surface area (Å²) in [5, 5.41) is 8.90. The molecular formula is C14H18O5S. The van der Waals surface area contributed by atoms with Crippen LogP contribution in [0.5, 0.6) is 0 Å². The fraction of sp³-hybridized carbons (Fsp3) is 0.500. The summed E-state index contributed by atoms with van der Waals surface area (Å²) in [5.41, 5.74) is 0.978. The van der Waals surface area contributed by atoms with Crippen LogP contribution in [0.3, 0.4) is 0 Å². The van der Waals surface area contributed by atoms with Gasteiger partial charge in [-0.25, -0.2) is 0 Å². The van der Waals surface area contributed by atoms with E-state index in [1.807, 2.05) is 6.92 Å². The van der Waals surface area contributed by atoms with Crippen LogP contribution in [0.25, 0.3) is 0 Å². The van der Waals surface area contributed by atoms with Crippen molar-refractivity contribution in [1.29, 1.82) is 0 Å². The number of carboxylic acids is 1. The lowest BCUT2D eigenvalue weighted by Crippen LogP contribution is -2.27. The molecule has 0 saturated heterocycles. The molecule has 1 fully saturated rings. The second kappa shape index (κ2) is 5.93. The van der Waals surface area contributed by atoms with Gasteiger partial charge in [0.15, 0.2) is 0 Å². The summed E-state index contributed by atoms with van der Waals surface area (Å²) in [4.78, 5) is 11.0. The predicted octanol–water partition coefficient (Wildman–Crippen LogP) is 2.34. The van der Waals surface area contributed by atoms with Crippen molar-refractivity contribution in [3.8, 4) is 0 Å². The van der Waals surface area contributed by atoms with Crippen LogP contribution in [0, 0.1) is 12.8 Å². The number of aryl methyl sites for hydroxylation is 1. The molecule has 0 bridgehead atoms. The molecule has 2 rings (SSSR count). The Morgan fingerprint density at radius 1 is 1.15 bits per heavy atom. The van der Waals surface area contributed by atoms with Crippen LogP contribution in [0.15, 0.2) is 29.2 Å². The molecule has 0 atom stereocenters. The Morgan fingerprint density at radius 3 is 2.20 bits per heavy atom. The molecule has 0 aliphatic heterocycles. The molecule has 1 N–H and O–H groups in total.